The Labute approximate surface area is 153 Å². The van der Waals surface area contributed by atoms with Gasteiger partial charge < -0.3 is 16.0 Å². The van der Waals surface area contributed by atoms with Crippen molar-refractivity contribution in [3.8, 4) is 0 Å². The van der Waals surface area contributed by atoms with Gasteiger partial charge in [0, 0.05) is 32.2 Å². The molecule has 3 N–H and O–H groups in total. The van der Waals surface area contributed by atoms with E-state index >= 15 is 0 Å². The number of anilines is 1. The van der Waals surface area contributed by atoms with Gasteiger partial charge in [0.05, 0.1) is 0 Å². The van der Waals surface area contributed by atoms with Crippen molar-refractivity contribution < 1.29 is 9.18 Å². The summed E-state index contributed by atoms with van der Waals surface area (Å²) in [6.45, 7) is 3.01. The second-order valence-corrected chi connectivity index (χ2v) is 5.91. The Morgan fingerprint density at radius 1 is 1.04 bits per heavy atom. The summed E-state index contributed by atoms with van der Waals surface area (Å²) in [5, 5.41) is 9.25. The molecular formula is C20H25FN4O. The highest BCUT2D eigenvalue weighted by Gasteiger charge is 2.03. The predicted octanol–water partition coefficient (Wildman–Crippen LogP) is 3.43. The molecule has 0 fully saturated rings. The van der Waals surface area contributed by atoms with Crippen LogP contribution >= 0.6 is 0 Å². The lowest BCUT2D eigenvalue weighted by molar-refractivity contribution is -0.116. The number of carbonyl (C=O) groups is 1. The van der Waals surface area contributed by atoms with Crippen molar-refractivity contribution in [1.82, 2.24) is 10.6 Å². The molecule has 0 aliphatic heterocycles. The minimum atomic E-state index is -0.255. The number of benzene rings is 2. The summed E-state index contributed by atoms with van der Waals surface area (Å²) >= 11 is 0. The molecule has 0 saturated carbocycles. The summed E-state index contributed by atoms with van der Waals surface area (Å²) in [6, 6.07) is 14.1. The first kappa shape index (κ1) is 19.4. The van der Waals surface area contributed by atoms with Gasteiger partial charge in [-0.1, -0.05) is 31.2 Å². The molecule has 1 amide bonds. The standard InChI is InChI=1S/C20H25FN4O/c1-3-6-19(26)25-18-10-5-8-16(12-18)14-24-20(22-2)23-13-15-7-4-9-17(21)11-15/h4-5,7-12H,3,6,13-14H2,1-2H3,(H,25,26)(H2,22,23,24). The molecule has 2 aromatic carbocycles. The molecular weight excluding hydrogens is 331 g/mol. The molecule has 2 aromatic rings. The second-order valence-electron chi connectivity index (χ2n) is 5.91. The Balaban J connectivity index is 1.87. The van der Waals surface area contributed by atoms with Crippen LogP contribution in [0.5, 0.6) is 0 Å². The molecule has 0 saturated heterocycles. The van der Waals surface area contributed by atoms with Gasteiger partial charge in [0.2, 0.25) is 5.91 Å². The summed E-state index contributed by atoms with van der Waals surface area (Å²) in [7, 11) is 1.68. The topological polar surface area (TPSA) is 65.5 Å². The fourth-order valence-corrected chi connectivity index (χ4v) is 2.45. The van der Waals surface area contributed by atoms with Crippen molar-refractivity contribution in [3.05, 3.63) is 65.5 Å². The lowest BCUT2D eigenvalue weighted by Crippen LogP contribution is -2.36. The zero-order valence-corrected chi connectivity index (χ0v) is 15.2. The molecule has 0 unspecified atom stereocenters. The van der Waals surface area contributed by atoms with Gasteiger partial charge in [0.1, 0.15) is 5.82 Å². The third-order valence-electron chi connectivity index (χ3n) is 3.72. The van der Waals surface area contributed by atoms with Crippen LogP contribution in [0.1, 0.15) is 30.9 Å². The lowest BCUT2D eigenvalue weighted by Gasteiger charge is -2.13. The van der Waals surface area contributed by atoms with Gasteiger partial charge in [-0.25, -0.2) is 4.39 Å². The molecule has 0 bridgehead atoms. The fourth-order valence-electron chi connectivity index (χ4n) is 2.45. The molecule has 138 valence electrons. The number of amides is 1. The van der Waals surface area contributed by atoms with Gasteiger partial charge in [-0.05, 0) is 41.8 Å². The highest BCUT2D eigenvalue weighted by atomic mass is 19.1. The van der Waals surface area contributed by atoms with E-state index in [2.05, 4.69) is 20.9 Å². The van der Waals surface area contributed by atoms with Gasteiger partial charge >= 0.3 is 0 Å². The van der Waals surface area contributed by atoms with Crippen LogP contribution in [-0.2, 0) is 17.9 Å². The van der Waals surface area contributed by atoms with Crippen molar-refractivity contribution in [1.29, 1.82) is 0 Å². The van der Waals surface area contributed by atoms with Crippen LogP contribution in [0.2, 0.25) is 0 Å². The molecule has 0 spiro atoms. The largest absolute Gasteiger partial charge is 0.352 e. The average molecular weight is 356 g/mol. The van der Waals surface area contributed by atoms with Gasteiger partial charge in [0.25, 0.3) is 0 Å². The first-order valence-electron chi connectivity index (χ1n) is 8.68. The van der Waals surface area contributed by atoms with Crippen molar-refractivity contribution in [2.45, 2.75) is 32.9 Å². The molecule has 0 radical (unpaired) electrons. The zero-order valence-electron chi connectivity index (χ0n) is 15.2. The Hall–Kier alpha value is -2.89. The molecule has 2 rings (SSSR count). The first-order valence-corrected chi connectivity index (χ1v) is 8.68. The number of aliphatic imine (C=N–C) groups is 1. The Morgan fingerprint density at radius 2 is 1.69 bits per heavy atom. The minimum absolute atomic E-state index is 0.0187. The van der Waals surface area contributed by atoms with Crippen molar-refractivity contribution in [2.75, 3.05) is 12.4 Å². The predicted molar refractivity (Wildman–Crippen MR) is 103 cm³/mol. The summed E-state index contributed by atoms with van der Waals surface area (Å²) in [4.78, 5) is 15.9. The van der Waals surface area contributed by atoms with E-state index in [0.29, 0.717) is 25.5 Å². The molecule has 0 aromatic heterocycles. The molecule has 0 heterocycles. The van der Waals surface area contributed by atoms with Crippen LogP contribution in [0.15, 0.2) is 53.5 Å². The smallest absolute Gasteiger partial charge is 0.224 e. The molecule has 0 aliphatic rings. The minimum Gasteiger partial charge on any atom is -0.352 e. The van der Waals surface area contributed by atoms with Gasteiger partial charge in [-0.15, -0.1) is 0 Å². The summed E-state index contributed by atoms with van der Waals surface area (Å²) in [5.41, 5.74) is 2.65. The molecule has 26 heavy (non-hydrogen) atoms. The zero-order chi connectivity index (χ0) is 18.8. The van der Waals surface area contributed by atoms with E-state index in [1.807, 2.05) is 37.3 Å². The monoisotopic (exact) mass is 356 g/mol. The van der Waals surface area contributed by atoms with Crippen LogP contribution in [0.3, 0.4) is 0 Å². The van der Waals surface area contributed by atoms with E-state index in [1.54, 1.807) is 13.1 Å². The van der Waals surface area contributed by atoms with Crippen LogP contribution in [0.4, 0.5) is 10.1 Å². The quantitative estimate of drug-likeness (QED) is 0.526. The van der Waals surface area contributed by atoms with E-state index in [-0.39, 0.29) is 11.7 Å². The number of rotatable bonds is 7. The number of carbonyl (C=O) groups excluding carboxylic acids is 1. The normalized spacial score (nSPS) is 11.1. The van der Waals surface area contributed by atoms with Gasteiger partial charge in [-0.2, -0.15) is 0 Å². The van der Waals surface area contributed by atoms with Gasteiger partial charge in [-0.3, -0.25) is 9.79 Å². The lowest BCUT2D eigenvalue weighted by atomic mass is 10.2. The van der Waals surface area contributed by atoms with Crippen molar-refractivity contribution in [2.24, 2.45) is 4.99 Å². The molecule has 0 aliphatic carbocycles. The maximum Gasteiger partial charge on any atom is 0.224 e. The molecule has 6 heteroatoms. The summed E-state index contributed by atoms with van der Waals surface area (Å²) < 4.78 is 13.2. The maximum atomic E-state index is 13.2. The highest BCUT2D eigenvalue weighted by molar-refractivity contribution is 5.90. The number of hydrogen-bond donors (Lipinski definition) is 3. The van der Waals surface area contributed by atoms with Crippen LogP contribution < -0.4 is 16.0 Å². The Kier molecular flexibility index (Phi) is 7.61. The number of hydrogen-bond acceptors (Lipinski definition) is 2. The summed E-state index contributed by atoms with van der Waals surface area (Å²) in [5.74, 6) is 0.383. The fraction of sp³-hybridized carbons (Fsp3) is 0.300. The van der Waals surface area contributed by atoms with E-state index in [1.165, 1.54) is 12.1 Å². The Morgan fingerprint density at radius 3 is 2.31 bits per heavy atom. The van der Waals surface area contributed by atoms with Crippen LogP contribution in [-0.4, -0.2) is 18.9 Å². The van der Waals surface area contributed by atoms with E-state index in [9.17, 15) is 9.18 Å². The Bertz CT molecular complexity index is 761. The third kappa shape index (κ3) is 6.55. The molecule has 5 nitrogen and oxygen atoms in total. The highest BCUT2D eigenvalue weighted by Crippen LogP contribution is 2.11. The maximum absolute atomic E-state index is 13.2. The molecule has 0 atom stereocenters. The van der Waals surface area contributed by atoms with Crippen molar-refractivity contribution >= 4 is 17.6 Å². The van der Waals surface area contributed by atoms with E-state index in [4.69, 9.17) is 0 Å². The van der Waals surface area contributed by atoms with Crippen LogP contribution in [0, 0.1) is 5.82 Å². The number of guanidine groups is 1. The average Bonchev–Trinajstić information content (AvgIpc) is 2.62. The number of nitrogens with one attached hydrogen (secondary N) is 3. The number of halogens is 1. The number of nitrogens with zero attached hydrogens (tertiary/aromatic N) is 1. The third-order valence-corrected chi connectivity index (χ3v) is 3.72. The summed E-state index contributed by atoms with van der Waals surface area (Å²) in [6.07, 6.45) is 1.33. The van der Waals surface area contributed by atoms with E-state index < -0.39 is 0 Å². The van der Waals surface area contributed by atoms with Crippen LogP contribution in [0.25, 0.3) is 0 Å². The van der Waals surface area contributed by atoms with Crippen molar-refractivity contribution in [3.63, 3.8) is 0 Å². The second kappa shape index (κ2) is 10.2. The SMILES string of the molecule is CCCC(=O)Nc1cccc(CNC(=NC)NCc2cccc(F)c2)c1. The van der Waals surface area contributed by atoms with Gasteiger partial charge in [0.15, 0.2) is 5.96 Å². The van der Waals surface area contributed by atoms with E-state index in [0.717, 1.165) is 23.2 Å². The first-order chi connectivity index (χ1) is 12.6.